The van der Waals surface area contributed by atoms with E-state index in [0.29, 0.717) is 5.41 Å². The zero-order valence-corrected chi connectivity index (χ0v) is 12.5. The predicted molar refractivity (Wildman–Crippen MR) is 78.4 cm³/mol. The summed E-state index contributed by atoms with van der Waals surface area (Å²) < 4.78 is 0. The van der Waals surface area contributed by atoms with E-state index in [4.69, 9.17) is 0 Å². The van der Waals surface area contributed by atoms with Crippen molar-refractivity contribution in [2.45, 2.75) is 40.0 Å². The van der Waals surface area contributed by atoms with Crippen molar-refractivity contribution in [2.75, 3.05) is 0 Å². The lowest BCUT2D eigenvalue weighted by Crippen LogP contribution is -2.34. The first-order valence-electron chi connectivity index (χ1n) is 6.86. The zero-order chi connectivity index (χ0) is 13.7. The van der Waals surface area contributed by atoms with E-state index < -0.39 is 0 Å². The molecular weight excluding hydrogens is 256 g/mol. The van der Waals surface area contributed by atoms with E-state index in [9.17, 15) is 4.79 Å². The second-order valence-corrected chi connectivity index (χ2v) is 7.42. The van der Waals surface area contributed by atoms with Crippen LogP contribution in [0.1, 0.15) is 49.7 Å². The monoisotopic (exact) mass is 276 g/mol. The van der Waals surface area contributed by atoms with Crippen molar-refractivity contribution in [3.8, 4) is 0 Å². The van der Waals surface area contributed by atoms with Crippen molar-refractivity contribution in [1.82, 2.24) is 5.43 Å². The van der Waals surface area contributed by atoms with Crippen molar-refractivity contribution in [2.24, 2.45) is 21.8 Å². The summed E-state index contributed by atoms with van der Waals surface area (Å²) in [5.41, 5.74) is 4.37. The van der Waals surface area contributed by atoms with E-state index in [2.05, 4.69) is 31.3 Å². The molecule has 2 fully saturated rings. The highest BCUT2D eigenvalue weighted by molar-refractivity contribution is 7.12. The molecule has 2 aliphatic carbocycles. The van der Waals surface area contributed by atoms with E-state index in [-0.39, 0.29) is 11.3 Å². The minimum atomic E-state index is -0.0910. The molecule has 1 aromatic rings. The van der Waals surface area contributed by atoms with Gasteiger partial charge in [-0.2, -0.15) is 5.10 Å². The highest BCUT2D eigenvalue weighted by atomic mass is 32.1. The summed E-state index contributed by atoms with van der Waals surface area (Å²) in [6.07, 6.45) is 3.52. The molecule has 0 unspecified atom stereocenters. The third kappa shape index (κ3) is 1.76. The molecule has 3 nitrogen and oxygen atoms in total. The summed E-state index contributed by atoms with van der Waals surface area (Å²) >= 11 is 1.45. The largest absolute Gasteiger partial charge is 0.281 e. The van der Waals surface area contributed by atoms with Gasteiger partial charge in [-0.05, 0) is 42.0 Å². The van der Waals surface area contributed by atoms with Gasteiger partial charge in [0.25, 0.3) is 5.91 Å². The first kappa shape index (κ1) is 12.9. The Morgan fingerprint density at radius 3 is 2.79 bits per heavy atom. The molecule has 1 amide bonds. The minimum absolute atomic E-state index is 0.0910. The summed E-state index contributed by atoms with van der Waals surface area (Å²) in [7, 11) is 0. The summed E-state index contributed by atoms with van der Waals surface area (Å²) in [6.45, 7) is 6.98. The molecule has 2 saturated carbocycles. The van der Waals surface area contributed by atoms with Crippen LogP contribution in [0.25, 0.3) is 0 Å². The third-order valence-electron chi connectivity index (χ3n) is 5.55. The number of fused-ring (bicyclic) bond motifs is 2. The smallest absolute Gasteiger partial charge is 0.266 e. The Morgan fingerprint density at radius 1 is 1.47 bits per heavy atom. The Bertz CT molecular complexity index is 532. The highest BCUT2D eigenvalue weighted by Crippen LogP contribution is 2.63. The van der Waals surface area contributed by atoms with Gasteiger partial charge in [-0.25, -0.2) is 5.43 Å². The van der Waals surface area contributed by atoms with Gasteiger partial charge in [0.2, 0.25) is 0 Å². The lowest BCUT2D eigenvalue weighted by Gasteiger charge is -2.34. The number of hydrazone groups is 1. The van der Waals surface area contributed by atoms with Crippen molar-refractivity contribution in [3.63, 3.8) is 0 Å². The minimum Gasteiger partial charge on any atom is -0.266 e. The molecule has 3 rings (SSSR count). The topological polar surface area (TPSA) is 41.5 Å². The number of rotatable bonds is 2. The fourth-order valence-corrected chi connectivity index (χ4v) is 4.29. The Labute approximate surface area is 118 Å². The number of nitrogens with one attached hydrogen (secondary N) is 1. The Morgan fingerprint density at radius 2 is 2.26 bits per heavy atom. The maximum absolute atomic E-state index is 11.9. The summed E-state index contributed by atoms with van der Waals surface area (Å²) in [5, 5.41) is 6.36. The molecule has 1 aromatic heterocycles. The Kier molecular flexibility index (Phi) is 2.82. The molecule has 1 heterocycles. The molecule has 0 aliphatic heterocycles. The van der Waals surface area contributed by atoms with Crippen molar-refractivity contribution in [1.29, 1.82) is 0 Å². The van der Waals surface area contributed by atoms with Gasteiger partial charge >= 0.3 is 0 Å². The number of thiophene rings is 1. The fraction of sp³-hybridized carbons (Fsp3) is 0.600. The highest BCUT2D eigenvalue weighted by Gasteiger charge is 2.59. The average Bonchev–Trinajstić information content (AvgIpc) is 3.01. The second kappa shape index (κ2) is 4.17. The standard InChI is InChI=1S/C15H20N2OS/c1-14(2)10-6-7-15(14,3)12(9-10)16-17-13(18)11-5-4-8-19-11/h4-5,8,10H,6-7,9H2,1-3H3,(H,17,18)/b16-12+/t10-,15+/m1/s1. The summed E-state index contributed by atoms with van der Waals surface area (Å²) in [4.78, 5) is 12.6. The van der Waals surface area contributed by atoms with Crippen LogP contribution in [0.4, 0.5) is 0 Å². The second-order valence-electron chi connectivity index (χ2n) is 6.47. The Hall–Kier alpha value is -1.16. The van der Waals surface area contributed by atoms with E-state index in [1.165, 1.54) is 29.9 Å². The fourth-order valence-electron chi connectivity index (χ4n) is 3.68. The van der Waals surface area contributed by atoms with Gasteiger partial charge in [-0.15, -0.1) is 11.3 Å². The molecule has 2 bridgehead atoms. The number of carbonyl (C=O) groups excluding carboxylic acids is 1. The van der Waals surface area contributed by atoms with E-state index in [1.807, 2.05) is 17.5 Å². The van der Waals surface area contributed by atoms with Gasteiger partial charge in [0.1, 0.15) is 0 Å². The molecule has 2 atom stereocenters. The first-order valence-corrected chi connectivity index (χ1v) is 7.74. The maximum atomic E-state index is 11.9. The van der Waals surface area contributed by atoms with Gasteiger partial charge in [0, 0.05) is 11.1 Å². The van der Waals surface area contributed by atoms with Crippen LogP contribution in [-0.4, -0.2) is 11.6 Å². The van der Waals surface area contributed by atoms with Crippen LogP contribution in [0, 0.1) is 16.7 Å². The zero-order valence-electron chi connectivity index (χ0n) is 11.7. The molecule has 19 heavy (non-hydrogen) atoms. The average molecular weight is 276 g/mol. The first-order chi connectivity index (χ1) is 8.95. The quantitative estimate of drug-likeness (QED) is 0.823. The number of hydrogen-bond acceptors (Lipinski definition) is 3. The van der Waals surface area contributed by atoms with Crippen LogP contribution in [0.2, 0.25) is 0 Å². The van der Waals surface area contributed by atoms with E-state index >= 15 is 0 Å². The van der Waals surface area contributed by atoms with Crippen LogP contribution >= 0.6 is 11.3 Å². The number of hydrogen-bond donors (Lipinski definition) is 1. The molecular formula is C15H20N2OS. The van der Waals surface area contributed by atoms with Crippen molar-refractivity contribution in [3.05, 3.63) is 22.4 Å². The number of amides is 1. The van der Waals surface area contributed by atoms with Gasteiger partial charge in [0.15, 0.2) is 0 Å². The molecule has 0 spiro atoms. The van der Waals surface area contributed by atoms with Gasteiger partial charge in [-0.3, -0.25) is 4.79 Å². The van der Waals surface area contributed by atoms with Crippen LogP contribution in [0.5, 0.6) is 0 Å². The van der Waals surface area contributed by atoms with E-state index in [1.54, 1.807) is 0 Å². The molecule has 0 radical (unpaired) electrons. The van der Waals surface area contributed by atoms with Crippen molar-refractivity contribution < 1.29 is 4.79 Å². The molecule has 4 heteroatoms. The molecule has 0 aromatic carbocycles. The lowest BCUT2D eigenvalue weighted by molar-refractivity contribution is 0.0958. The molecule has 0 saturated heterocycles. The van der Waals surface area contributed by atoms with Gasteiger partial charge in [0.05, 0.1) is 4.88 Å². The normalized spacial score (nSPS) is 33.8. The summed E-state index contributed by atoms with van der Waals surface area (Å²) in [5.74, 6) is 0.626. The third-order valence-corrected chi connectivity index (χ3v) is 6.42. The number of nitrogens with zero attached hydrogens (tertiary/aromatic N) is 1. The van der Waals surface area contributed by atoms with Crippen LogP contribution in [-0.2, 0) is 0 Å². The predicted octanol–water partition coefficient (Wildman–Crippen LogP) is 3.68. The van der Waals surface area contributed by atoms with Crippen LogP contribution < -0.4 is 5.43 Å². The van der Waals surface area contributed by atoms with Crippen LogP contribution in [0.15, 0.2) is 22.6 Å². The van der Waals surface area contributed by atoms with E-state index in [0.717, 1.165) is 17.2 Å². The van der Waals surface area contributed by atoms with Gasteiger partial charge < -0.3 is 0 Å². The number of carbonyl (C=O) groups is 1. The SMILES string of the molecule is CC1(C)[C@@H]2CC[C@@]1(C)/C(=N/NC(=O)c1cccs1)C2. The van der Waals surface area contributed by atoms with Crippen molar-refractivity contribution >= 4 is 23.0 Å². The maximum Gasteiger partial charge on any atom is 0.281 e. The lowest BCUT2D eigenvalue weighted by atomic mass is 9.70. The molecule has 2 aliphatic rings. The summed E-state index contributed by atoms with van der Waals surface area (Å²) in [6, 6.07) is 3.71. The van der Waals surface area contributed by atoms with Crippen LogP contribution in [0.3, 0.4) is 0 Å². The molecule has 102 valence electrons. The van der Waals surface area contributed by atoms with Gasteiger partial charge in [-0.1, -0.05) is 26.8 Å². The Balaban J connectivity index is 1.78. The molecule has 1 N–H and O–H groups in total.